The van der Waals surface area contributed by atoms with E-state index in [1.165, 1.54) is 19.1 Å². The van der Waals surface area contributed by atoms with Gasteiger partial charge in [-0.3, -0.25) is 4.79 Å². The summed E-state index contributed by atoms with van der Waals surface area (Å²) in [6, 6.07) is 4.64. The molecular weight excluding hydrogens is 305 g/mol. The minimum Gasteiger partial charge on any atom is -0.355 e. The van der Waals surface area contributed by atoms with Crippen molar-refractivity contribution in [2.45, 2.75) is 38.3 Å². The van der Waals surface area contributed by atoms with Crippen LogP contribution in [0.2, 0.25) is 0 Å². The molecule has 1 aliphatic rings. The fourth-order valence-corrected chi connectivity index (χ4v) is 2.64. The van der Waals surface area contributed by atoms with Gasteiger partial charge >= 0.3 is 6.18 Å². The summed E-state index contributed by atoms with van der Waals surface area (Å²) >= 11 is 0. The number of halogens is 5. The fraction of sp³-hybridized carbons (Fsp3) is 0.533. The van der Waals surface area contributed by atoms with Gasteiger partial charge < -0.3 is 5.32 Å². The van der Waals surface area contributed by atoms with Crippen LogP contribution in [0.15, 0.2) is 24.3 Å². The lowest BCUT2D eigenvalue weighted by Crippen LogP contribution is -2.53. The Balaban J connectivity index is 1.81. The molecular formula is C15H16F5NO. The number of carbonyl (C=O) groups is 1. The summed E-state index contributed by atoms with van der Waals surface area (Å²) < 4.78 is 62.9. The van der Waals surface area contributed by atoms with Crippen LogP contribution in [0.1, 0.15) is 30.9 Å². The van der Waals surface area contributed by atoms with E-state index in [4.69, 9.17) is 0 Å². The van der Waals surface area contributed by atoms with Gasteiger partial charge in [-0.05, 0) is 24.1 Å². The second kappa shape index (κ2) is 5.52. The number of hydrogen-bond acceptors (Lipinski definition) is 1. The first-order valence-electron chi connectivity index (χ1n) is 6.84. The number of rotatable bonds is 4. The summed E-state index contributed by atoms with van der Waals surface area (Å²) in [6.45, 7) is 1.68. The van der Waals surface area contributed by atoms with Crippen LogP contribution in [-0.4, -0.2) is 18.4 Å². The van der Waals surface area contributed by atoms with Crippen LogP contribution in [0, 0.1) is 5.41 Å². The van der Waals surface area contributed by atoms with Gasteiger partial charge in [0.2, 0.25) is 11.8 Å². The van der Waals surface area contributed by atoms with Gasteiger partial charge in [-0.1, -0.05) is 19.1 Å². The first-order chi connectivity index (χ1) is 10.0. The molecule has 1 N–H and O–H groups in total. The van der Waals surface area contributed by atoms with Gasteiger partial charge in [-0.2, -0.15) is 13.2 Å². The number of nitrogens with one attached hydrogen (secondary N) is 1. The monoisotopic (exact) mass is 321 g/mol. The molecule has 1 fully saturated rings. The second-order valence-electron chi connectivity index (χ2n) is 5.97. The smallest absolute Gasteiger partial charge is 0.355 e. The molecule has 0 aromatic heterocycles. The first-order valence-corrected chi connectivity index (χ1v) is 6.84. The molecule has 0 aliphatic heterocycles. The average molecular weight is 321 g/mol. The lowest BCUT2D eigenvalue weighted by molar-refractivity contribution is -0.174. The Morgan fingerprint density at radius 3 is 2.18 bits per heavy atom. The standard InChI is InChI=1S/C15H16F5NO/c1-13(8-14(16,17)9-13)12(22)21-7-6-10-2-4-11(5-3-10)15(18,19)20/h2-5H,6-9H2,1H3,(H,21,22). The van der Waals surface area contributed by atoms with E-state index < -0.39 is 41.8 Å². The third-order valence-electron chi connectivity index (χ3n) is 3.83. The van der Waals surface area contributed by atoms with Gasteiger partial charge in [0.25, 0.3) is 0 Å². The summed E-state index contributed by atoms with van der Waals surface area (Å²) in [6.07, 6.45) is -4.97. The molecule has 1 amide bonds. The zero-order valence-electron chi connectivity index (χ0n) is 11.9. The van der Waals surface area contributed by atoms with E-state index in [9.17, 15) is 26.7 Å². The lowest BCUT2D eigenvalue weighted by atomic mass is 9.67. The third kappa shape index (κ3) is 3.75. The predicted molar refractivity (Wildman–Crippen MR) is 70.4 cm³/mol. The van der Waals surface area contributed by atoms with Gasteiger partial charge in [-0.25, -0.2) is 8.78 Å². The molecule has 22 heavy (non-hydrogen) atoms. The van der Waals surface area contributed by atoms with E-state index >= 15 is 0 Å². The number of carbonyl (C=O) groups excluding carboxylic acids is 1. The molecule has 1 aromatic carbocycles. The molecule has 1 saturated carbocycles. The van der Waals surface area contributed by atoms with Gasteiger partial charge in [0.1, 0.15) is 0 Å². The van der Waals surface area contributed by atoms with Gasteiger partial charge in [0.15, 0.2) is 0 Å². The Bertz CT molecular complexity index is 542. The number of alkyl halides is 5. The summed E-state index contributed by atoms with van der Waals surface area (Å²) in [5.74, 6) is -3.22. The summed E-state index contributed by atoms with van der Waals surface area (Å²) in [5, 5.41) is 2.56. The van der Waals surface area contributed by atoms with E-state index in [2.05, 4.69) is 5.32 Å². The quantitative estimate of drug-likeness (QED) is 0.840. The van der Waals surface area contributed by atoms with E-state index in [-0.39, 0.29) is 6.54 Å². The molecule has 7 heteroatoms. The Kier molecular flexibility index (Phi) is 4.19. The lowest BCUT2D eigenvalue weighted by Gasteiger charge is -2.43. The van der Waals surface area contributed by atoms with Crippen molar-refractivity contribution >= 4 is 5.91 Å². The Morgan fingerprint density at radius 1 is 1.18 bits per heavy atom. The number of benzene rings is 1. The van der Waals surface area contributed by atoms with Crippen molar-refractivity contribution in [1.29, 1.82) is 0 Å². The zero-order chi connectivity index (χ0) is 16.6. The summed E-state index contributed by atoms with van der Waals surface area (Å²) in [5.41, 5.74) is -1.15. The molecule has 0 heterocycles. The zero-order valence-corrected chi connectivity index (χ0v) is 11.9. The maximum absolute atomic E-state index is 12.8. The van der Waals surface area contributed by atoms with Crippen LogP contribution in [0.25, 0.3) is 0 Å². The maximum Gasteiger partial charge on any atom is 0.416 e. The van der Waals surface area contributed by atoms with Crippen LogP contribution >= 0.6 is 0 Å². The Hall–Kier alpha value is -1.66. The predicted octanol–water partition coefficient (Wildman–Crippen LogP) is 3.80. The Morgan fingerprint density at radius 2 is 1.73 bits per heavy atom. The molecule has 0 atom stereocenters. The molecule has 2 nitrogen and oxygen atoms in total. The topological polar surface area (TPSA) is 29.1 Å². The molecule has 0 radical (unpaired) electrons. The highest BCUT2D eigenvalue weighted by Crippen LogP contribution is 2.51. The fourth-order valence-electron chi connectivity index (χ4n) is 2.64. The highest BCUT2D eigenvalue weighted by Gasteiger charge is 2.57. The van der Waals surface area contributed by atoms with Gasteiger partial charge in [-0.15, -0.1) is 0 Å². The molecule has 0 unspecified atom stereocenters. The van der Waals surface area contributed by atoms with Crippen molar-refractivity contribution in [1.82, 2.24) is 5.32 Å². The molecule has 0 saturated heterocycles. The number of amides is 1. The van der Waals surface area contributed by atoms with Crippen molar-refractivity contribution in [3.63, 3.8) is 0 Å². The number of hydrogen-bond donors (Lipinski definition) is 1. The average Bonchev–Trinajstić information content (AvgIpc) is 2.35. The van der Waals surface area contributed by atoms with Crippen molar-refractivity contribution in [2.24, 2.45) is 5.41 Å². The minimum absolute atomic E-state index is 0.200. The Labute approximate surface area is 124 Å². The van der Waals surface area contributed by atoms with E-state index in [1.807, 2.05) is 0 Å². The highest BCUT2D eigenvalue weighted by atomic mass is 19.4. The summed E-state index contributed by atoms with van der Waals surface area (Å²) in [7, 11) is 0. The van der Waals surface area contributed by atoms with Crippen LogP contribution in [0.3, 0.4) is 0 Å². The van der Waals surface area contributed by atoms with Crippen LogP contribution in [0.5, 0.6) is 0 Å². The molecule has 0 bridgehead atoms. The normalized spacial score (nSPS) is 19.4. The van der Waals surface area contributed by atoms with Crippen molar-refractivity contribution in [2.75, 3.05) is 6.54 Å². The summed E-state index contributed by atoms with van der Waals surface area (Å²) in [4.78, 5) is 11.8. The SMILES string of the molecule is CC1(C(=O)NCCc2ccc(C(F)(F)F)cc2)CC(F)(F)C1. The first kappa shape index (κ1) is 16.7. The van der Waals surface area contributed by atoms with Crippen molar-refractivity contribution < 1.29 is 26.7 Å². The highest BCUT2D eigenvalue weighted by molar-refractivity contribution is 5.83. The van der Waals surface area contributed by atoms with Crippen LogP contribution < -0.4 is 5.32 Å². The molecule has 2 rings (SSSR count). The minimum atomic E-state index is -4.38. The van der Waals surface area contributed by atoms with Crippen LogP contribution in [-0.2, 0) is 17.4 Å². The molecule has 1 aromatic rings. The van der Waals surface area contributed by atoms with E-state index in [0.717, 1.165) is 12.1 Å². The van der Waals surface area contributed by atoms with Crippen molar-refractivity contribution in [3.05, 3.63) is 35.4 Å². The second-order valence-corrected chi connectivity index (χ2v) is 5.97. The van der Waals surface area contributed by atoms with E-state index in [0.29, 0.717) is 12.0 Å². The van der Waals surface area contributed by atoms with E-state index in [1.54, 1.807) is 0 Å². The molecule has 1 aliphatic carbocycles. The van der Waals surface area contributed by atoms with Crippen LogP contribution in [0.4, 0.5) is 22.0 Å². The van der Waals surface area contributed by atoms with Crippen molar-refractivity contribution in [3.8, 4) is 0 Å². The van der Waals surface area contributed by atoms with Gasteiger partial charge in [0, 0.05) is 19.4 Å². The largest absolute Gasteiger partial charge is 0.416 e. The third-order valence-corrected chi connectivity index (χ3v) is 3.83. The molecule has 122 valence electrons. The maximum atomic E-state index is 12.8. The molecule has 0 spiro atoms. The van der Waals surface area contributed by atoms with Gasteiger partial charge in [0.05, 0.1) is 11.0 Å².